The summed E-state index contributed by atoms with van der Waals surface area (Å²) < 4.78 is 55.5. The smallest absolute Gasteiger partial charge is 0.234 e. The molecule has 0 saturated heterocycles. The van der Waals surface area contributed by atoms with E-state index in [-0.39, 0.29) is 24.7 Å². The molecule has 0 fully saturated rings. The largest absolute Gasteiger partial charge is 0.384 e. The maximum atomic E-state index is 11.7. The van der Waals surface area contributed by atoms with Gasteiger partial charge < -0.3 is 4.74 Å². The fraction of sp³-hybridized carbons (Fsp3) is 0.455. The molecule has 0 spiro atoms. The van der Waals surface area contributed by atoms with Crippen molar-refractivity contribution in [1.82, 2.24) is 4.72 Å². The van der Waals surface area contributed by atoms with Gasteiger partial charge in [-0.15, -0.1) is 0 Å². The van der Waals surface area contributed by atoms with Crippen molar-refractivity contribution in [2.75, 3.05) is 36.5 Å². The summed E-state index contributed by atoms with van der Waals surface area (Å²) in [4.78, 5) is 0. The highest BCUT2D eigenvalue weighted by atomic mass is 32.2. The number of anilines is 1. The maximum absolute atomic E-state index is 11.7. The standard InChI is InChI=1S/C11H18N2O5S2/c1-18-8-10-19(14,15)12-7-9-20(16,17)13-11-5-3-2-4-6-11/h2-6,12-13H,7-10H2,1H3. The summed E-state index contributed by atoms with van der Waals surface area (Å²) in [5.74, 6) is -0.538. The molecule has 0 amide bonds. The van der Waals surface area contributed by atoms with Gasteiger partial charge in [0.25, 0.3) is 0 Å². The molecule has 2 N–H and O–H groups in total. The van der Waals surface area contributed by atoms with Gasteiger partial charge >= 0.3 is 0 Å². The van der Waals surface area contributed by atoms with Crippen molar-refractivity contribution in [3.8, 4) is 0 Å². The molecule has 0 atom stereocenters. The zero-order valence-electron chi connectivity index (χ0n) is 11.1. The quantitative estimate of drug-likeness (QED) is 0.666. The minimum atomic E-state index is -3.59. The summed E-state index contributed by atoms with van der Waals surface area (Å²) in [5.41, 5.74) is 0.440. The summed E-state index contributed by atoms with van der Waals surface area (Å²) in [7, 11) is -5.70. The monoisotopic (exact) mass is 322 g/mol. The molecule has 0 aliphatic heterocycles. The fourth-order valence-corrected chi connectivity index (χ4v) is 3.37. The van der Waals surface area contributed by atoms with Crippen LogP contribution in [0.1, 0.15) is 0 Å². The van der Waals surface area contributed by atoms with Crippen LogP contribution in [0.5, 0.6) is 0 Å². The number of ether oxygens (including phenoxy) is 1. The average molecular weight is 322 g/mol. The van der Waals surface area contributed by atoms with E-state index < -0.39 is 20.0 Å². The zero-order valence-corrected chi connectivity index (χ0v) is 12.7. The van der Waals surface area contributed by atoms with Crippen molar-refractivity contribution >= 4 is 25.7 Å². The van der Waals surface area contributed by atoms with Crippen LogP contribution < -0.4 is 9.44 Å². The number of sulfonamides is 2. The number of hydrogen-bond donors (Lipinski definition) is 2. The van der Waals surface area contributed by atoms with Crippen molar-refractivity contribution in [2.24, 2.45) is 0 Å². The lowest BCUT2D eigenvalue weighted by atomic mass is 10.3. The Morgan fingerprint density at radius 1 is 1.00 bits per heavy atom. The van der Waals surface area contributed by atoms with E-state index in [2.05, 4.69) is 14.2 Å². The summed E-state index contributed by atoms with van der Waals surface area (Å²) in [6.07, 6.45) is 0. The molecule has 1 aromatic carbocycles. The van der Waals surface area contributed by atoms with Crippen molar-refractivity contribution < 1.29 is 21.6 Å². The molecule has 1 rings (SSSR count). The molecule has 0 saturated carbocycles. The first-order chi connectivity index (χ1) is 9.35. The molecular weight excluding hydrogens is 304 g/mol. The lowest BCUT2D eigenvalue weighted by molar-refractivity contribution is 0.217. The van der Waals surface area contributed by atoms with Crippen LogP contribution in [-0.2, 0) is 24.8 Å². The van der Waals surface area contributed by atoms with Crippen molar-refractivity contribution in [3.63, 3.8) is 0 Å². The second-order valence-electron chi connectivity index (χ2n) is 3.99. The number of benzene rings is 1. The number of para-hydroxylation sites is 1. The summed E-state index contributed by atoms with van der Waals surface area (Å²) in [6, 6.07) is 8.39. The van der Waals surface area contributed by atoms with E-state index in [0.29, 0.717) is 5.69 Å². The molecular formula is C11H18N2O5S2. The molecule has 0 bridgehead atoms. The Morgan fingerprint density at radius 2 is 1.65 bits per heavy atom. The molecule has 0 aliphatic rings. The van der Waals surface area contributed by atoms with Crippen LogP contribution in [0.3, 0.4) is 0 Å². The summed E-state index contributed by atoms with van der Waals surface area (Å²) in [6.45, 7) is -0.126. The Balaban J connectivity index is 2.44. The molecule has 9 heteroatoms. The van der Waals surface area contributed by atoms with E-state index >= 15 is 0 Å². The highest BCUT2D eigenvalue weighted by Crippen LogP contribution is 2.07. The van der Waals surface area contributed by atoms with Gasteiger partial charge in [0.05, 0.1) is 18.1 Å². The van der Waals surface area contributed by atoms with E-state index in [0.717, 1.165) is 0 Å². The van der Waals surface area contributed by atoms with Gasteiger partial charge in [-0.3, -0.25) is 4.72 Å². The third-order valence-corrected chi connectivity index (χ3v) is 4.93. The highest BCUT2D eigenvalue weighted by molar-refractivity contribution is 7.92. The van der Waals surface area contributed by atoms with Gasteiger partial charge in [-0.25, -0.2) is 21.6 Å². The summed E-state index contributed by atoms with van der Waals surface area (Å²) in [5, 5.41) is 0. The number of rotatable bonds is 9. The van der Waals surface area contributed by atoms with E-state index in [4.69, 9.17) is 0 Å². The van der Waals surface area contributed by atoms with E-state index in [1.54, 1.807) is 30.3 Å². The SMILES string of the molecule is COCCS(=O)(=O)NCCS(=O)(=O)Nc1ccccc1. The van der Waals surface area contributed by atoms with Crippen molar-refractivity contribution in [2.45, 2.75) is 0 Å². The molecule has 0 aromatic heterocycles. The van der Waals surface area contributed by atoms with Crippen LogP contribution in [0.25, 0.3) is 0 Å². The topological polar surface area (TPSA) is 102 Å². The van der Waals surface area contributed by atoms with Gasteiger partial charge in [0.2, 0.25) is 20.0 Å². The van der Waals surface area contributed by atoms with Gasteiger partial charge in [0, 0.05) is 19.3 Å². The third kappa shape index (κ3) is 6.85. The Hall–Kier alpha value is -1.16. The predicted molar refractivity (Wildman–Crippen MR) is 77.5 cm³/mol. The lowest BCUT2D eigenvalue weighted by Crippen LogP contribution is -2.33. The average Bonchev–Trinajstić information content (AvgIpc) is 2.36. The Kier molecular flexibility index (Phi) is 6.40. The van der Waals surface area contributed by atoms with Gasteiger partial charge in [-0.2, -0.15) is 0 Å². The number of hydrogen-bond acceptors (Lipinski definition) is 5. The summed E-state index contributed by atoms with van der Waals surface area (Å²) >= 11 is 0. The van der Waals surface area contributed by atoms with Gasteiger partial charge in [0.1, 0.15) is 0 Å². The number of methoxy groups -OCH3 is 1. The van der Waals surface area contributed by atoms with E-state index in [1.165, 1.54) is 7.11 Å². The first-order valence-corrected chi connectivity index (χ1v) is 9.17. The van der Waals surface area contributed by atoms with Gasteiger partial charge in [0.15, 0.2) is 0 Å². The maximum Gasteiger partial charge on any atom is 0.234 e. The molecule has 114 valence electrons. The van der Waals surface area contributed by atoms with Crippen LogP contribution in [0, 0.1) is 0 Å². The molecule has 0 heterocycles. The minimum Gasteiger partial charge on any atom is -0.384 e. The molecule has 0 unspecified atom stereocenters. The normalized spacial score (nSPS) is 12.2. The molecule has 0 radical (unpaired) electrons. The van der Waals surface area contributed by atoms with Crippen molar-refractivity contribution in [1.29, 1.82) is 0 Å². The Labute approximate surface area is 119 Å². The minimum absolute atomic E-state index is 0.0599. The second kappa shape index (κ2) is 7.58. The first kappa shape index (κ1) is 16.9. The van der Waals surface area contributed by atoms with E-state index in [9.17, 15) is 16.8 Å². The third-order valence-electron chi connectivity index (χ3n) is 2.30. The zero-order chi connectivity index (χ0) is 15.1. The van der Waals surface area contributed by atoms with Crippen LogP contribution >= 0.6 is 0 Å². The molecule has 1 aromatic rings. The van der Waals surface area contributed by atoms with Crippen molar-refractivity contribution in [3.05, 3.63) is 30.3 Å². The van der Waals surface area contributed by atoms with E-state index in [1.807, 2.05) is 0 Å². The second-order valence-corrected chi connectivity index (χ2v) is 7.76. The van der Waals surface area contributed by atoms with Gasteiger partial charge in [-0.1, -0.05) is 18.2 Å². The molecule has 7 nitrogen and oxygen atoms in total. The fourth-order valence-electron chi connectivity index (χ4n) is 1.33. The van der Waals surface area contributed by atoms with Gasteiger partial charge in [-0.05, 0) is 12.1 Å². The Bertz CT molecular complexity index is 599. The van der Waals surface area contributed by atoms with Crippen LogP contribution in [0.2, 0.25) is 0 Å². The predicted octanol–water partition coefficient (Wildman–Crippen LogP) is -0.00590. The first-order valence-electron chi connectivity index (χ1n) is 5.86. The molecule has 0 aliphatic carbocycles. The lowest BCUT2D eigenvalue weighted by Gasteiger charge is -2.09. The Morgan fingerprint density at radius 3 is 2.25 bits per heavy atom. The number of nitrogens with one attached hydrogen (secondary N) is 2. The van der Waals surface area contributed by atoms with Crippen LogP contribution in [-0.4, -0.2) is 48.6 Å². The highest BCUT2D eigenvalue weighted by Gasteiger charge is 2.14. The molecule has 20 heavy (non-hydrogen) atoms. The van der Waals surface area contributed by atoms with Crippen LogP contribution in [0.15, 0.2) is 30.3 Å². The van der Waals surface area contributed by atoms with Crippen LogP contribution in [0.4, 0.5) is 5.69 Å².